The van der Waals surface area contributed by atoms with Crippen LogP contribution in [0.4, 0.5) is 4.39 Å². The minimum atomic E-state index is -3.40. The van der Waals surface area contributed by atoms with Gasteiger partial charge in [0.15, 0.2) is 0 Å². The van der Waals surface area contributed by atoms with Crippen LogP contribution in [0.2, 0.25) is 0 Å². The second-order valence-electron chi connectivity index (χ2n) is 5.04. The van der Waals surface area contributed by atoms with E-state index in [1.807, 2.05) is 12.1 Å². The molecule has 2 N–H and O–H groups in total. The summed E-state index contributed by atoms with van der Waals surface area (Å²) in [6.07, 6.45) is 1.76. The quantitative estimate of drug-likeness (QED) is 0.726. The molecule has 0 atom stereocenters. The van der Waals surface area contributed by atoms with E-state index in [4.69, 9.17) is 0 Å². The number of benzene rings is 2. The zero-order valence-corrected chi connectivity index (χ0v) is 11.7. The van der Waals surface area contributed by atoms with E-state index in [1.165, 1.54) is 12.1 Å². The van der Waals surface area contributed by atoms with Gasteiger partial charge in [-0.15, -0.1) is 0 Å². The topological polar surface area (TPSA) is 62.0 Å². The Bertz CT molecular complexity index is 977. The van der Waals surface area contributed by atoms with E-state index < -0.39 is 10.0 Å². The van der Waals surface area contributed by atoms with Crippen LogP contribution < -0.4 is 4.72 Å². The number of halogens is 1. The molecular weight excluding hydrogens is 291 g/mol. The van der Waals surface area contributed by atoms with Crippen LogP contribution in [0.25, 0.3) is 22.0 Å². The van der Waals surface area contributed by atoms with Crippen molar-refractivity contribution in [1.82, 2.24) is 9.71 Å². The monoisotopic (exact) mass is 302 g/mol. The first-order chi connectivity index (χ1) is 10.0. The molecule has 0 spiro atoms. The van der Waals surface area contributed by atoms with Gasteiger partial charge in [0.1, 0.15) is 5.82 Å². The summed E-state index contributed by atoms with van der Waals surface area (Å²) >= 11 is 0. The number of hydrogen-bond donors (Lipinski definition) is 2. The fraction of sp³-hybridized carbons (Fsp3) is 0.0667. The van der Waals surface area contributed by atoms with E-state index in [2.05, 4.69) is 9.71 Å². The summed E-state index contributed by atoms with van der Waals surface area (Å²) in [6, 6.07) is 9.86. The van der Waals surface area contributed by atoms with Gasteiger partial charge in [-0.1, -0.05) is 12.1 Å². The highest BCUT2D eigenvalue weighted by atomic mass is 32.2. The number of aromatic nitrogens is 1. The van der Waals surface area contributed by atoms with Gasteiger partial charge in [0.25, 0.3) is 0 Å². The first kappa shape index (κ1) is 12.6. The molecule has 2 heterocycles. The Morgan fingerprint density at radius 1 is 1.10 bits per heavy atom. The number of hydrogen-bond acceptors (Lipinski definition) is 2. The molecule has 0 saturated carbocycles. The van der Waals surface area contributed by atoms with E-state index >= 15 is 0 Å². The van der Waals surface area contributed by atoms with Crippen LogP contribution in [0.3, 0.4) is 0 Å². The summed E-state index contributed by atoms with van der Waals surface area (Å²) < 4.78 is 39.5. The summed E-state index contributed by atoms with van der Waals surface area (Å²) in [5.74, 6) is -0.309. The van der Waals surface area contributed by atoms with Gasteiger partial charge in [0, 0.05) is 29.2 Å². The van der Waals surface area contributed by atoms with Crippen LogP contribution in [0.5, 0.6) is 0 Å². The summed E-state index contributed by atoms with van der Waals surface area (Å²) in [5.41, 5.74) is 3.10. The maximum absolute atomic E-state index is 13.2. The normalized spacial score (nSPS) is 16.2. The fourth-order valence-electron chi connectivity index (χ4n) is 2.71. The van der Waals surface area contributed by atoms with E-state index in [0.29, 0.717) is 17.0 Å². The third-order valence-corrected chi connectivity index (χ3v) is 5.25. The van der Waals surface area contributed by atoms with Crippen LogP contribution in [0.15, 0.2) is 47.5 Å². The van der Waals surface area contributed by atoms with Crippen molar-refractivity contribution in [2.45, 2.75) is 11.4 Å². The summed E-state index contributed by atoms with van der Waals surface area (Å²) in [4.78, 5) is 3.33. The molecular formula is C15H11FN2O2S. The maximum atomic E-state index is 13.2. The summed E-state index contributed by atoms with van der Waals surface area (Å²) in [7, 11) is -3.40. The van der Waals surface area contributed by atoms with E-state index in [9.17, 15) is 12.8 Å². The van der Waals surface area contributed by atoms with Crippen molar-refractivity contribution in [3.8, 4) is 11.1 Å². The molecule has 4 nitrogen and oxygen atoms in total. The Kier molecular flexibility index (Phi) is 2.49. The average molecular weight is 302 g/mol. The minimum Gasteiger partial charge on any atom is -0.360 e. The lowest BCUT2D eigenvalue weighted by atomic mass is 10.0. The zero-order chi connectivity index (χ0) is 14.6. The molecule has 0 radical (unpaired) electrons. The molecule has 0 unspecified atom stereocenters. The van der Waals surface area contributed by atoms with Gasteiger partial charge in [0.2, 0.25) is 10.0 Å². The lowest BCUT2D eigenvalue weighted by Gasteiger charge is -2.03. The van der Waals surface area contributed by atoms with Gasteiger partial charge < -0.3 is 4.98 Å². The van der Waals surface area contributed by atoms with Crippen LogP contribution in [-0.2, 0) is 16.6 Å². The molecule has 106 valence electrons. The highest BCUT2D eigenvalue weighted by Crippen LogP contribution is 2.33. The lowest BCUT2D eigenvalue weighted by Crippen LogP contribution is -2.13. The van der Waals surface area contributed by atoms with Gasteiger partial charge in [-0.2, -0.15) is 0 Å². The Hall–Kier alpha value is -2.18. The van der Waals surface area contributed by atoms with Crippen molar-refractivity contribution in [1.29, 1.82) is 0 Å². The first-order valence-electron chi connectivity index (χ1n) is 6.44. The standard InChI is InChI=1S/C15H11FN2O2S/c16-11-3-4-12-13(8-17-14(12)6-11)9-1-2-10-7-18-21(19,20)15(10)5-9/h1-6,8,17-18H,7H2. The Balaban J connectivity index is 1.94. The van der Waals surface area contributed by atoms with Crippen molar-refractivity contribution in [3.63, 3.8) is 0 Å². The number of rotatable bonds is 1. The molecule has 6 heteroatoms. The van der Waals surface area contributed by atoms with Crippen LogP contribution in [0.1, 0.15) is 5.56 Å². The highest BCUT2D eigenvalue weighted by molar-refractivity contribution is 7.89. The van der Waals surface area contributed by atoms with Gasteiger partial charge in [-0.25, -0.2) is 17.5 Å². The zero-order valence-electron chi connectivity index (χ0n) is 10.9. The van der Waals surface area contributed by atoms with Crippen LogP contribution in [0, 0.1) is 5.82 Å². The third kappa shape index (κ3) is 1.87. The Labute approximate surface area is 120 Å². The molecule has 0 saturated heterocycles. The second-order valence-corrected chi connectivity index (χ2v) is 6.77. The van der Waals surface area contributed by atoms with Crippen molar-refractivity contribution in [2.75, 3.05) is 0 Å². The minimum absolute atomic E-state index is 0.309. The van der Waals surface area contributed by atoms with Gasteiger partial charge in [0.05, 0.1) is 4.90 Å². The number of fused-ring (bicyclic) bond motifs is 2. The Morgan fingerprint density at radius 3 is 2.81 bits per heavy atom. The molecule has 0 aliphatic carbocycles. The van der Waals surface area contributed by atoms with Crippen molar-refractivity contribution in [3.05, 3.63) is 54.0 Å². The summed E-state index contributed by atoms with van der Waals surface area (Å²) in [5, 5.41) is 0.861. The molecule has 0 fully saturated rings. The molecule has 2 aromatic carbocycles. The molecule has 1 aromatic heterocycles. The van der Waals surface area contributed by atoms with Crippen LogP contribution >= 0.6 is 0 Å². The Morgan fingerprint density at radius 2 is 1.95 bits per heavy atom. The van der Waals surface area contributed by atoms with E-state index in [0.717, 1.165) is 22.1 Å². The van der Waals surface area contributed by atoms with E-state index in [-0.39, 0.29) is 5.82 Å². The number of nitrogens with one attached hydrogen (secondary N) is 2. The lowest BCUT2D eigenvalue weighted by molar-refractivity contribution is 0.589. The van der Waals surface area contributed by atoms with Gasteiger partial charge >= 0.3 is 0 Å². The maximum Gasteiger partial charge on any atom is 0.241 e. The van der Waals surface area contributed by atoms with Crippen LogP contribution in [-0.4, -0.2) is 13.4 Å². The predicted octanol–water partition coefficient (Wildman–Crippen LogP) is 2.77. The second kappa shape index (κ2) is 4.16. The van der Waals surface area contributed by atoms with Gasteiger partial charge in [-0.3, -0.25) is 0 Å². The first-order valence-corrected chi connectivity index (χ1v) is 7.92. The molecule has 3 aromatic rings. The number of aromatic amines is 1. The predicted molar refractivity (Wildman–Crippen MR) is 77.7 cm³/mol. The van der Waals surface area contributed by atoms with E-state index in [1.54, 1.807) is 18.3 Å². The fourth-order valence-corrected chi connectivity index (χ4v) is 3.97. The van der Waals surface area contributed by atoms with Crippen molar-refractivity contribution >= 4 is 20.9 Å². The average Bonchev–Trinajstić information content (AvgIpc) is 3.00. The van der Waals surface area contributed by atoms with Crippen molar-refractivity contribution in [2.24, 2.45) is 0 Å². The molecule has 4 rings (SSSR count). The SMILES string of the molecule is O=S1(=O)NCc2ccc(-c3c[nH]c4cc(F)ccc34)cc21. The van der Waals surface area contributed by atoms with Gasteiger partial charge in [-0.05, 0) is 35.4 Å². The molecule has 1 aliphatic rings. The number of sulfonamides is 1. The molecule has 0 bridgehead atoms. The number of H-pyrrole nitrogens is 1. The third-order valence-electron chi connectivity index (χ3n) is 3.76. The van der Waals surface area contributed by atoms with Crippen molar-refractivity contribution < 1.29 is 12.8 Å². The molecule has 1 aliphatic heterocycles. The summed E-state index contributed by atoms with van der Waals surface area (Å²) in [6.45, 7) is 0.330. The molecule has 0 amide bonds. The highest BCUT2D eigenvalue weighted by Gasteiger charge is 2.25. The largest absolute Gasteiger partial charge is 0.360 e. The molecule has 21 heavy (non-hydrogen) atoms. The smallest absolute Gasteiger partial charge is 0.241 e.